The van der Waals surface area contributed by atoms with Gasteiger partial charge < -0.3 is 14.6 Å². The van der Waals surface area contributed by atoms with Crippen LogP contribution in [0.4, 0.5) is 0 Å². The molecule has 1 aromatic carbocycles. The fourth-order valence-corrected chi connectivity index (χ4v) is 1.95. The van der Waals surface area contributed by atoms with E-state index in [4.69, 9.17) is 9.84 Å². The summed E-state index contributed by atoms with van der Waals surface area (Å²) in [5.41, 5.74) is 0.859. The van der Waals surface area contributed by atoms with E-state index in [-0.39, 0.29) is 12.6 Å². The number of methoxy groups -OCH3 is 1. The average Bonchev–Trinajstić information content (AvgIpc) is 2.47. The first-order valence-corrected chi connectivity index (χ1v) is 7.39. The van der Waals surface area contributed by atoms with Crippen LogP contribution in [0.1, 0.15) is 12.0 Å². The van der Waals surface area contributed by atoms with Crippen LogP contribution in [-0.4, -0.2) is 42.9 Å². The summed E-state index contributed by atoms with van der Waals surface area (Å²) in [7, 11) is 1.38. The molecule has 0 saturated carbocycles. The Morgan fingerprint density at radius 1 is 1.45 bits per heavy atom. The number of carbonyl (C=O) groups is 1. The first-order valence-electron chi connectivity index (χ1n) is 6.23. The Morgan fingerprint density at radius 2 is 2.30 bits per heavy atom. The maximum Gasteiger partial charge on any atom is 0.315 e. The zero-order chi connectivity index (χ0) is 14.6. The summed E-state index contributed by atoms with van der Waals surface area (Å²) in [6, 6.07) is 7.49. The van der Waals surface area contributed by atoms with Crippen molar-refractivity contribution in [3.05, 3.63) is 29.8 Å². The van der Waals surface area contributed by atoms with Gasteiger partial charge >= 0.3 is 5.97 Å². The Bertz CT molecular complexity index is 476. The molecule has 0 bridgehead atoms. The van der Waals surface area contributed by atoms with Gasteiger partial charge in [0.15, 0.2) is 0 Å². The first-order chi connectivity index (χ1) is 9.76. The third kappa shape index (κ3) is 7.07. The third-order valence-electron chi connectivity index (χ3n) is 2.25. The Morgan fingerprint density at radius 3 is 3.05 bits per heavy atom. The third-order valence-corrected chi connectivity index (χ3v) is 3.14. The number of ether oxygens (including phenoxy) is 2. The van der Waals surface area contributed by atoms with Gasteiger partial charge in [-0.15, -0.1) is 11.8 Å². The number of aliphatic hydroxyl groups excluding tert-OH is 1. The SMILES string of the molecule is COC(=O)CSCCOc1cccc(C#CCCO)c1. The van der Waals surface area contributed by atoms with Crippen LogP contribution < -0.4 is 4.74 Å². The summed E-state index contributed by atoms with van der Waals surface area (Å²) in [6.07, 6.45) is 0.468. The predicted molar refractivity (Wildman–Crippen MR) is 79.9 cm³/mol. The molecule has 0 saturated heterocycles. The van der Waals surface area contributed by atoms with Crippen molar-refractivity contribution in [1.29, 1.82) is 0 Å². The summed E-state index contributed by atoms with van der Waals surface area (Å²) >= 11 is 1.47. The van der Waals surface area contributed by atoms with E-state index in [1.54, 1.807) is 0 Å². The summed E-state index contributed by atoms with van der Waals surface area (Å²) in [5.74, 6) is 7.40. The molecule has 1 rings (SSSR count). The van der Waals surface area contributed by atoms with Gasteiger partial charge in [-0.3, -0.25) is 4.79 Å². The first kappa shape index (κ1) is 16.4. The maximum atomic E-state index is 10.9. The Balaban J connectivity index is 2.32. The molecular weight excluding hydrogens is 276 g/mol. The van der Waals surface area contributed by atoms with E-state index in [1.807, 2.05) is 24.3 Å². The lowest BCUT2D eigenvalue weighted by atomic mass is 10.2. The molecule has 1 aromatic rings. The van der Waals surface area contributed by atoms with Crippen molar-refractivity contribution in [3.8, 4) is 17.6 Å². The molecule has 1 N–H and O–H groups in total. The minimum Gasteiger partial charge on any atom is -0.493 e. The van der Waals surface area contributed by atoms with Gasteiger partial charge in [0, 0.05) is 17.7 Å². The molecule has 0 unspecified atom stereocenters. The topological polar surface area (TPSA) is 55.8 Å². The number of esters is 1. The summed E-state index contributed by atoms with van der Waals surface area (Å²) in [6.45, 7) is 0.593. The van der Waals surface area contributed by atoms with Gasteiger partial charge in [-0.2, -0.15) is 0 Å². The number of benzene rings is 1. The normalized spacial score (nSPS) is 9.50. The lowest BCUT2D eigenvalue weighted by molar-refractivity contribution is -0.137. The van der Waals surface area contributed by atoms with Gasteiger partial charge in [0.25, 0.3) is 0 Å². The van der Waals surface area contributed by atoms with Crippen molar-refractivity contribution in [1.82, 2.24) is 0 Å². The zero-order valence-electron chi connectivity index (χ0n) is 11.4. The minimum absolute atomic E-state index is 0.0700. The van der Waals surface area contributed by atoms with E-state index in [0.717, 1.165) is 17.1 Å². The molecule has 20 heavy (non-hydrogen) atoms. The monoisotopic (exact) mass is 294 g/mol. The molecule has 0 aliphatic heterocycles. The smallest absolute Gasteiger partial charge is 0.315 e. The minimum atomic E-state index is -0.226. The molecule has 4 nitrogen and oxygen atoms in total. The van der Waals surface area contributed by atoms with Gasteiger partial charge in [-0.1, -0.05) is 17.9 Å². The van der Waals surface area contributed by atoms with Gasteiger partial charge in [-0.05, 0) is 18.2 Å². The van der Waals surface area contributed by atoms with Crippen LogP contribution >= 0.6 is 11.8 Å². The molecule has 5 heteroatoms. The lowest BCUT2D eigenvalue weighted by Crippen LogP contribution is -2.06. The van der Waals surface area contributed by atoms with Crippen LogP contribution in [0.3, 0.4) is 0 Å². The molecule has 0 radical (unpaired) electrons. The Kier molecular flexibility index (Phi) is 8.36. The van der Waals surface area contributed by atoms with Crippen LogP contribution in [0, 0.1) is 11.8 Å². The highest BCUT2D eigenvalue weighted by Crippen LogP contribution is 2.13. The highest BCUT2D eigenvalue weighted by atomic mass is 32.2. The molecule has 0 aromatic heterocycles. The number of hydrogen-bond donors (Lipinski definition) is 1. The van der Waals surface area contributed by atoms with Crippen LogP contribution in [-0.2, 0) is 9.53 Å². The van der Waals surface area contributed by atoms with Crippen LogP contribution in [0.15, 0.2) is 24.3 Å². The van der Waals surface area contributed by atoms with Gasteiger partial charge in [0.2, 0.25) is 0 Å². The van der Waals surface area contributed by atoms with E-state index >= 15 is 0 Å². The number of hydrogen-bond acceptors (Lipinski definition) is 5. The molecule has 0 fully saturated rings. The second-order valence-corrected chi connectivity index (χ2v) is 4.89. The molecule has 108 valence electrons. The van der Waals surface area contributed by atoms with E-state index in [2.05, 4.69) is 16.6 Å². The van der Waals surface area contributed by atoms with E-state index in [9.17, 15) is 4.79 Å². The lowest BCUT2D eigenvalue weighted by Gasteiger charge is -2.06. The van der Waals surface area contributed by atoms with Crippen LogP contribution in [0.5, 0.6) is 5.75 Å². The standard InChI is InChI=1S/C15H18O4S/c1-18-15(17)12-20-10-9-19-14-7-4-6-13(11-14)5-2-3-8-16/h4,6-7,11,16H,3,8-10,12H2,1H3. The summed E-state index contributed by atoms with van der Waals surface area (Å²) in [4.78, 5) is 10.9. The highest BCUT2D eigenvalue weighted by molar-refractivity contribution is 7.99. The second-order valence-electron chi connectivity index (χ2n) is 3.78. The molecular formula is C15H18O4S. The summed E-state index contributed by atoms with van der Waals surface area (Å²) in [5, 5.41) is 8.66. The Hall–Kier alpha value is -1.64. The molecule has 0 amide bonds. The number of thioether (sulfide) groups is 1. The van der Waals surface area contributed by atoms with Crippen molar-refractivity contribution in [2.75, 3.05) is 31.8 Å². The fourth-order valence-electron chi connectivity index (χ4n) is 1.32. The van der Waals surface area contributed by atoms with Crippen molar-refractivity contribution >= 4 is 17.7 Å². The zero-order valence-corrected chi connectivity index (χ0v) is 12.2. The van der Waals surface area contributed by atoms with Crippen molar-refractivity contribution in [3.63, 3.8) is 0 Å². The van der Waals surface area contributed by atoms with Gasteiger partial charge in [0.05, 0.1) is 26.1 Å². The van der Waals surface area contributed by atoms with Crippen molar-refractivity contribution < 1.29 is 19.4 Å². The van der Waals surface area contributed by atoms with Crippen molar-refractivity contribution in [2.45, 2.75) is 6.42 Å². The quantitative estimate of drug-likeness (QED) is 0.471. The molecule has 0 atom stereocenters. The van der Waals surface area contributed by atoms with E-state index in [1.165, 1.54) is 18.9 Å². The van der Waals surface area contributed by atoms with Crippen LogP contribution in [0.2, 0.25) is 0 Å². The highest BCUT2D eigenvalue weighted by Gasteiger charge is 2.00. The molecule has 0 spiro atoms. The molecule has 0 aliphatic rings. The van der Waals surface area contributed by atoms with E-state index in [0.29, 0.717) is 18.8 Å². The second kappa shape index (κ2) is 10.2. The number of aliphatic hydroxyl groups is 1. The van der Waals surface area contributed by atoms with Crippen molar-refractivity contribution in [2.24, 2.45) is 0 Å². The van der Waals surface area contributed by atoms with Crippen LogP contribution in [0.25, 0.3) is 0 Å². The number of carbonyl (C=O) groups excluding carboxylic acids is 1. The summed E-state index contributed by atoms with van der Waals surface area (Å²) < 4.78 is 10.1. The predicted octanol–water partition coefficient (Wildman–Crippen LogP) is 1.71. The molecule has 0 aliphatic carbocycles. The van der Waals surface area contributed by atoms with E-state index < -0.39 is 0 Å². The van der Waals surface area contributed by atoms with Gasteiger partial charge in [0.1, 0.15) is 5.75 Å². The number of rotatable bonds is 7. The fraction of sp³-hybridized carbons (Fsp3) is 0.400. The molecule has 0 heterocycles. The Labute approximate surface area is 123 Å². The average molecular weight is 294 g/mol. The van der Waals surface area contributed by atoms with Gasteiger partial charge in [-0.25, -0.2) is 0 Å². The largest absolute Gasteiger partial charge is 0.493 e. The maximum absolute atomic E-state index is 10.9.